The second-order valence-electron chi connectivity index (χ2n) is 7.94. The molecule has 0 bridgehead atoms. The molecular weight excluding hydrogens is 378 g/mol. The summed E-state index contributed by atoms with van der Waals surface area (Å²) in [7, 11) is 1.57. The number of anilines is 1. The second kappa shape index (κ2) is 10.6. The Morgan fingerprint density at radius 3 is 2.23 bits per heavy atom. The number of amides is 3. The van der Waals surface area contributed by atoms with Crippen LogP contribution in [0.3, 0.4) is 0 Å². The minimum atomic E-state index is -0.695. The number of nitrogens with one attached hydrogen (secondary N) is 2. The van der Waals surface area contributed by atoms with Gasteiger partial charge in [-0.2, -0.15) is 0 Å². The molecule has 0 fully saturated rings. The van der Waals surface area contributed by atoms with Gasteiger partial charge < -0.3 is 15.5 Å². The van der Waals surface area contributed by atoms with Crippen LogP contribution in [0.5, 0.6) is 0 Å². The first-order valence-corrected chi connectivity index (χ1v) is 10.1. The zero-order valence-electron chi connectivity index (χ0n) is 18.4. The van der Waals surface area contributed by atoms with Crippen LogP contribution in [-0.2, 0) is 20.8 Å². The topological polar surface area (TPSA) is 78.5 Å². The fraction of sp³-hybridized carbons (Fsp3) is 0.375. The molecule has 2 aromatic rings. The number of nitrogens with zero attached hydrogens (tertiary/aromatic N) is 1. The van der Waals surface area contributed by atoms with Gasteiger partial charge >= 0.3 is 0 Å². The standard InChI is InChI=1S/C24H31N3O3/c1-16(2)23(26-21(28)14-19-11-7-6-8-12-19)24(30)27(5)15-22(29)25-20-13-9-10-17(3)18(20)4/h6-13,16,23H,14-15H2,1-5H3,(H,25,29)(H,26,28). The maximum absolute atomic E-state index is 12.9. The number of carbonyl (C=O) groups is 3. The van der Waals surface area contributed by atoms with E-state index in [1.807, 2.05) is 76.2 Å². The lowest BCUT2D eigenvalue weighted by atomic mass is 10.0. The molecule has 0 radical (unpaired) electrons. The van der Waals surface area contributed by atoms with Crippen molar-refractivity contribution in [3.63, 3.8) is 0 Å². The summed E-state index contributed by atoms with van der Waals surface area (Å²) in [6, 6.07) is 14.4. The lowest BCUT2D eigenvalue weighted by Gasteiger charge is -2.27. The summed E-state index contributed by atoms with van der Waals surface area (Å²) in [6.07, 6.45) is 0.203. The van der Waals surface area contributed by atoms with E-state index in [9.17, 15) is 14.4 Å². The Bertz CT molecular complexity index is 894. The molecular formula is C24H31N3O3. The van der Waals surface area contributed by atoms with Crippen LogP contribution in [0.4, 0.5) is 5.69 Å². The van der Waals surface area contributed by atoms with E-state index in [1.54, 1.807) is 7.05 Å². The van der Waals surface area contributed by atoms with Crippen LogP contribution in [0.25, 0.3) is 0 Å². The van der Waals surface area contributed by atoms with E-state index in [0.29, 0.717) is 0 Å². The molecule has 0 aromatic heterocycles. The summed E-state index contributed by atoms with van der Waals surface area (Å²) in [5, 5.41) is 5.68. The Balaban J connectivity index is 1.97. The number of benzene rings is 2. The highest BCUT2D eigenvalue weighted by atomic mass is 16.2. The molecule has 1 unspecified atom stereocenters. The van der Waals surface area contributed by atoms with Gasteiger partial charge in [-0.15, -0.1) is 0 Å². The first-order valence-electron chi connectivity index (χ1n) is 10.1. The van der Waals surface area contributed by atoms with Crippen molar-refractivity contribution in [2.75, 3.05) is 18.9 Å². The minimum Gasteiger partial charge on any atom is -0.344 e. The monoisotopic (exact) mass is 409 g/mol. The lowest BCUT2D eigenvalue weighted by molar-refractivity contribution is -0.138. The van der Waals surface area contributed by atoms with Gasteiger partial charge in [0.15, 0.2) is 0 Å². The van der Waals surface area contributed by atoms with Gasteiger partial charge in [-0.3, -0.25) is 14.4 Å². The summed E-state index contributed by atoms with van der Waals surface area (Å²) < 4.78 is 0. The van der Waals surface area contributed by atoms with Crippen LogP contribution < -0.4 is 10.6 Å². The quantitative estimate of drug-likeness (QED) is 0.703. The SMILES string of the molecule is Cc1cccc(NC(=O)CN(C)C(=O)C(NC(=O)Cc2ccccc2)C(C)C)c1C. The summed E-state index contributed by atoms with van der Waals surface area (Å²) in [5.74, 6) is -0.900. The maximum atomic E-state index is 12.9. The smallest absolute Gasteiger partial charge is 0.245 e. The molecule has 0 heterocycles. The minimum absolute atomic E-state index is 0.0933. The van der Waals surface area contributed by atoms with Crippen molar-refractivity contribution in [2.24, 2.45) is 5.92 Å². The Labute approximate surface area is 178 Å². The maximum Gasteiger partial charge on any atom is 0.245 e. The zero-order valence-corrected chi connectivity index (χ0v) is 18.4. The van der Waals surface area contributed by atoms with E-state index in [4.69, 9.17) is 0 Å². The largest absolute Gasteiger partial charge is 0.344 e. The predicted octanol–water partition coefficient (Wildman–Crippen LogP) is 3.08. The van der Waals surface area contributed by atoms with Crippen LogP contribution in [0.15, 0.2) is 48.5 Å². The molecule has 2 rings (SSSR count). The van der Waals surface area contributed by atoms with Gasteiger partial charge in [-0.05, 0) is 42.5 Å². The van der Waals surface area contributed by atoms with E-state index in [2.05, 4.69) is 10.6 Å². The van der Waals surface area contributed by atoms with Gasteiger partial charge in [0.1, 0.15) is 6.04 Å². The molecule has 0 saturated heterocycles. The molecule has 6 heteroatoms. The van der Waals surface area contributed by atoms with Crippen molar-refractivity contribution in [2.45, 2.75) is 40.2 Å². The lowest BCUT2D eigenvalue weighted by Crippen LogP contribution is -2.51. The van der Waals surface area contributed by atoms with Crippen LogP contribution in [0, 0.1) is 19.8 Å². The molecule has 0 aliphatic heterocycles. The van der Waals surface area contributed by atoms with Gasteiger partial charge in [0.05, 0.1) is 13.0 Å². The van der Waals surface area contributed by atoms with Crippen LogP contribution in [-0.4, -0.2) is 42.3 Å². The fourth-order valence-corrected chi connectivity index (χ4v) is 3.13. The van der Waals surface area contributed by atoms with Crippen molar-refractivity contribution in [1.82, 2.24) is 10.2 Å². The Morgan fingerprint density at radius 1 is 0.933 bits per heavy atom. The average molecular weight is 410 g/mol. The van der Waals surface area contributed by atoms with Crippen molar-refractivity contribution >= 4 is 23.4 Å². The Hall–Kier alpha value is -3.15. The molecule has 30 heavy (non-hydrogen) atoms. The molecule has 3 amide bonds. The second-order valence-corrected chi connectivity index (χ2v) is 7.94. The van der Waals surface area contributed by atoms with Gasteiger partial charge in [0.2, 0.25) is 17.7 Å². The van der Waals surface area contributed by atoms with Gasteiger partial charge in [-0.25, -0.2) is 0 Å². The highest BCUT2D eigenvalue weighted by Gasteiger charge is 2.28. The van der Waals surface area contributed by atoms with E-state index in [0.717, 1.165) is 22.4 Å². The summed E-state index contributed by atoms with van der Waals surface area (Å²) in [5.41, 5.74) is 3.69. The number of rotatable bonds is 8. The molecule has 0 spiro atoms. The van der Waals surface area contributed by atoms with E-state index in [1.165, 1.54) is 4.90 Å². The molecule has 6 nitrogen and oxygen atoms in total. The summed E-state index contributed by atoms with van der Waals surface area (Å²) >= 11 is 0. The van der Waals surface area contributed by atoms with Crippen molar-refractivity contribution in [3.8, 4) is 0 Å². The molecule has 0 aliphatic rings. The third-order valence-corrected chi connectivity index (χ3v) is 5.09. The number of likely N-dealkylation sites (N-methyl/N-ethyl adjacent to an activating group) is 1. The van der Waals surface area contributed by atoms with Crippen LogP contribution >= 0.6 is 0 Å². The average Bonchev–Trinajstić information content (AvgIpc) is 2.69. The van der Waals surface area contributed by atoms with Crippen molar-refractivity contribution in [1.29, 1.82) is 0 Å². The zero-order chi connectivity index (χ0) is 22.3. The van der Waals surface area contributed by atoms with Crippen molar-refractivity contribution in [3.05, 3.63) is 65.2 Å². The molecule has 2 aromatic carbocycles. The molecule has 1 atom stereocenters. The van der Waals surface area contributed by atoms with Crippen LogP contribution in [0.1, 0.15) is 30.5 Å². The van der Waals surface area contributed by atoms with Crippen LogP contribution in [0.2, 0.25) is 0 Å². The van der Waals surface area contributed by atoms with E-state index in [-0.39, 0.29) is 36.6 Å². The molecule has 160 valence electrons. The Morgan fingerprint density at radius 2 is 1.60 bits per heavy atom. The first kappa shape index (κ1) is 23.1. The number of carbonyl (C=O) groups excluding carboxylic acids is 3. The summed E-state index contributed by atoms with van der Waals surface area (Å²) in [4.78, 5) is 39.1. The summed E-state index contributed by atoms with van der Waals surface area (Å²) in [6.45, 7) is 7.57. The normalized spacial score (nSPS) is 11.7. The highest BCUT2D eigenvalue weighted by molar-refractivity contribution is 5.96. The number of hydrogen-bond donors (Lipinski definition) is 2. The van der Waals surface area contributed by atoms with Gasteiger partial charge in [0.25, 0.3) is 0 Å². The number of aryl methyl sites for hydroxylation is 1. The highest BCUT2D eigenvalue weighted by Crippen LogP contribution is 2.18. The number of hydrogen-bond acceptors (Lipinski definition) is 3. The van der Waals surface area contributed by atoms with Gasteiger partial charge in [0, 0.05) is 12.7 Å². The predicted molar refractivity (Wildman–Crippen MR) is 119 cm³/mol. The fourth-order valence-electron chi connectivity index (χ4n) is 3.13. The van der Waals surface area contributed by atoms with E-state index >= 15 is 0 Å². The van der Waals surface area contributed by atoms with Crippen molar-refractivity contribution < 1.29 is 14.4 Å². The third kappa shape index (κ3) is 6.44. The third-order valence-electron chi connectivity index (χ3n) is 5.09. The Kier molecular flexibility index (Phi) is 8.16. The van der Waals surface area contributed by atoms with Gasteiger partial charge in [-0.1, -0.05) is 56.3 Å². The van der Waals surface area contributed by atoms with E-state index < -0.39 is 6.04 Å². The molecule has 2 N–H and O–H groups in total. The first-order chi connectivity index (χ1) is 14.2. The molecule has 0 saturated carbocycles. The molecule has 0 aliphatic carbocycles.